The van der Waals surface area contributed by atoms with E-state index in [1.54, 1.807) is 13.8 Å². The van der Waals surface area contributed by atoms with E-state index in [9.17, 15) is 15.0 Å². The first kappa shape index (κ1) is 11.5. The molecule has 14 heavy (non-hydrogen) atoms. The van der Waals surface area contributed by atoms with E-state index in [0.717, 1.165) is 12.8 Å². The van der Waals surface area contributed by atoms with E-state index in [2.05, 4.69) is 5.32 Å². The lowest BCUT2D eigenvalue weighted by Gasteiger charge is -2.32. The predicted octanol–water partition coefficient (Wildman–Crippen LogP) is 0.0329. The molecule has 0 heterocycles. The third kappa shape index (κ3) is 2.69. The highest BCUT2D eigenvalue weighted by molar-refractivity contribution is 5.78. The van der Waals surface area contributed by atoms with Crippen LogP contribution in [0.4, 0.5) is 0 Å². The Labute approximate surface area is 84.3 Å². The molecule has 0 aromatic rings. The van der Waals surface area contributed by atoms with Crippen molar-refractivity contribution in [2.24, 2.45) is 5.92 Å². The highest BCUT2D eigenvalue weighted by Crippen LogP contribution is 2.19. The number of nitrogens with one attached hydrogen (secondary N) is 1. The molecule has 82 valence electrons. The zero-order valence-corrected chi connectivity index (χ0v) is 8.73. The second kappa shape index (κ2) is 4.75. The number of aliphatic hydroxyl groups is 2. The van der Waals surface area contributed by atoms with Gasteiger partial charge in [0.2, 0.25) is 5.91 Å². The van der Waals surface area contributed by atoms with Crippen molar-refractivity contribution in [3.63, 3.8) is 0 Å². The zero-order chi connectivity index (χ0) is 10.7. The van der Waals surface area contributed by atoms with Gasteiger partial charge in [-0.3, -0.25) is 4.79 Å². The van der Waals surface area contributed by atoms with Gasteiger partial charge in [0.15, 0.2) is 0 Å². The van der Waals surface area contributed by atoms with E-state index in [1.165, 1.54) is 0 Å². The molecule has 0 aromatic heterocycles. The van der Waals surface area contributed by atoms with Gasteiger partial charge < -0.3 is 15.5 Å². The van der Waals surface area contributed by atoms with E-state index >= 15 is 0 Å². The van der Waals surface area contributed by atoms with E-state index in [-0.39, 0.29) is 17.9 Å². The van der Waals surface area contributed by atoms with Crippen LogP contribution in [0.5, 0.6) is 0 Å². The third-order valence-electron chi connectivity index (χ3n) is 2.67. The van der Waals surface area contributed by atoms with Crippen LogP contribution < -0.4 is 5.32 Å². The molecule has 1 aliphatic carbocycles. The van der Waals surface area contributed by atoms with Crippen molar-refractivity contribution < 1.29 is 15.0 Å². The average molecular weight is 201 g/mol. The Kier molecular flexibility index (Phi) is 3.89. The number of rotatable bonds is 2. The number of amides is 1. The fraction of sp³-hybridized carbons (Fsp3) is 0.900. The van der Waals surface area contributed by atoms with Crippen LogP contribution in [0.3, 0.4) is 0 Å². The lowest BCUT2D eigenvalue weighted by atomic mass is 9.90. The number of hydrogen-bond donors (Lipinski definition) is 3. The Hall–Kier alpha value is -0.610. The molecule has 0 spiro atoms. The van der Waals surface area contributed by atoms with Crippen LogP contribution in [0.15, 0.2) is 0 Å². The van der Waals surface area contributed by atoms with Crippen molar-refractivity contribution in [3.05, 3.63) is 0 Å². The summed E-state index contributed by atoms with van der Waals surface area (Å²) >= 11 is 0. The minimum absolute atomic E-state index is 0.0665. The van der Waals surface area contributed by atoms with Gasteiger partial charge in [-0.05, 0) is 19.3 Å². The fourth-order valence-electron chi connectivity index (χ4n) is 1.66. The van der Waals surface area contributed by atoms with E-state index in [4.69, 9.17) is 0 Å². The maximum Gasteiger partial charge on any atom is 0.222 e. The van der Waals surface area contributed by atoms with Crippen LogP contribution in [0.25, 0.3) is 0 Å². The first-order valence-electron chi connectivity index (χ1n) is 5.19. The SMILES string of the molecule is CC(C)C(=O)NC1CCCC(O)C1O. The van der Waals surface area contributed by atoms with Gasteiger partial charge in [0, 0.05) is 5.92 Å². The summed E-state index contributed by atoms with van der Waals surface area (Å²) in [6.07, 6.45) is 0.709. The summed E-state index contributed by atoms with van der Waals surface area (Å²) in [4.78, 5) is 11.4. The molecule has 0 aromatic carbocycles. The molecule has 4 nitrogen and oxygen atoms in total. The molecule has 1 amide bonds. The summed E-state index contributed by atoms with van der Waals surface area (Å²) in [6.45, 7) is 3.61. The second-order valence-corrected chi connectivity index (χ2v) is 4.26. The van der Waals surface area contributed by atoms with Crippen molar-refractivity contribution in [2.45, 2.75) is 51.4 Å². The molecule has 3 atom stereocenters. The molecule has 3 N–H and O–H groups in total. The van der Waals surface area contributed by atoms with Crippen LogP contribution in [0.2, 0.25) is 0 Å². The average Bonchev–Trinajstić information content (AvgIpc) is 2.12. The number of hydrogen-bond acceptors (Lipinski definition) is 3. The van der Waals surface area contributed by atoms with Gasteiger partial charge in [-0.15, -0.1) is 0 Å². The number of carbonyl (C=O) groups excluding carboxylic acids is 1. The fourth-order valence-corrected chi connectivity index (χ4v) is 1.66. The molecule has 3 unspecified atom stereocenters. The van der Waals surface area contributed by atoms with Crippen molar-refractivity contribution >= 4 is 5.91 Å². The Bertz CT molecular complexity index is 206. The molecular weight excluding hydrogens is 182 g/mol. The lowest BCUT2D eigenvalue weighted by Crippen LogP contribution is -2.51. The third-order valence-corrected chi connectivity index (χ3v) is 2.67. The summed E-state index contributed by atoms with van der Waals surface area (Å²) in [7, 11) is 0. The Morgan fingerprint density at radius 3 is 2.57 bits per heavy atom. The van der Waals surface area contributed by atoms with Gasteiger partial charge in [-0.1, -0.05) is 13.8 Å². The molecule has 1 aliphatic rings. The Morgan fingerprint density at radius 2 is 2.00 bits per heavy atom. The van der Waals surface area contributed by atoms with Crippen molar-refractivity contribution in [1.82, 2.24) is 5.32 Å². The maximum absolute atomic E-state index is 11.4. The molecular formula is C10H19NO3. The van der Waals surface area contributed by atoms with Gasteiger partial charge >= 0.3 is 0 Å². The minimum atomic E-state index is -0.813. The van der Waals surface area contributed by atoms with Crippen LogP contribution >= 0.6 is 0 Å². The summed E-state index contributed by atoms with van der Waals surface area (Å²) in [6, 6.07) is -0.284. The van der Waals surface area contributed by atoms with Crippen molar-refractivity contribution in [3.8, 4) is 0 Å². The molecule has 1 saturated carbocycles. The molecule has 4 heteroatoms. The normalized spacial score (nSPS) is 33.1. The highest BCUT2D eigenvalue weighted by atomic mass is 16.3. The lowest BCUT2D eigenvalue weighted by molar-refractivity contribution is -0.127. The highest BCUT2D eigenvalue weighted by Gasteiger charge is 2.31. The first-order valence-corrected chi connectivity index (χ1v) is 5.19. The summed E-state index contributed by atoms with van der Waals surface area (Å²) < 4.78 is 0. The van der Waals surface area contributed by atoms with E-state index in [0.29, 0.717) is 6.42 Å². The van der Waals surface area contributed by atoms with Gasteiger partial charge in [0.05, 0.1) is 18.2 Å². The van der Waals surface area contributed by atoms with Crippen molar-refractivity contribution in [2.75, 3.05) is 0 Å². The summed E-state index contributed by atoms with van der Waals surface area (Å²) in [5, 5.41) is 21.8. The molecule has 0 radical (unpaired) electrons. The molecule has 0 bridgehead atoms. The summed E-state index contributed by atoms with van der Waals surface area (Å²) in [5.74, 6) is -0.149. The number of carbonyl (C=O) groups is 1. The Balaban J connectivity index is 2.47. The Morgan fingerprint density at radius 1 is 1.36 bits per heavy atom. The van der Waals surface area contributed by atoms with Crippen LogP contribution in [0, 0.1) is 5.92 Å². The monoisotopic (exact) mass is 201 g/mol. The van der Waals surface area contributed by atoms with Crippen LogP contribution in [-0.2, 0) is 4.79 Å². The van der Waals surface area contributed by atoms with Gasteiger partial charge in [0.1, 0.15) is 0 Å². The largest absolute Gasteiger partial charge is 0.390 e. The zero-order valence-electron chi connectivity index (χ0n) is 8.73. The minimum Gasteiger partial charge on any atom is -0.390 e. The first-order chi connectivity index (χ1) is 6.52. The summed E-state index contributed by atoms with van der Waals surface area (Å²) in [5.41, 5.74) is 0. The van der Waals surface area contributed by atoms with Crippen molar-refractivity contribution in [1.29, 1.82) is 0 Å². The topological polar surface area (TPSA) is 69.6 Å². The smallest absolute Gasteiger partial charge is 0.222 e. The standard InChI is InChI=1S/C10H19NO3/c1-6(2)10(14)11-7-4-3-5-8(12)9(7)13/h6-9,12-13H,3-5H2,1-2H3,(H,11,14). The predicted molar refractivity (Wildman–Crippen MR) is 52.6 cm³/mol. The molecule has 0 saturated heterocycles. The molecule has 1 fully saturated rings. The van der Waals surface area contributed by atoms with Gasteiger partial charge in [-0.2, -0.15) is 0 Å². The van der Waals surface area contributed by atoms with E-state index < -0.39 is 12.2 Å². The second-order valence-electron chi connectivity index (χ2n) is 4.26. The van der Waals surface area contributed by atoms with E-state index in [1.807, 2.05) is 0 Å². The van der Waals surface area contributed by atoms with Crippen LogP contribution in [-0.4, -0.2) is 34.4 Å². The quantitative estimate of drug-likeness (QED) is 0.590. The van der Waals surface area contributed by atoms with Gasteiger partial charge in [0.25, 0.3) is 0 Å². The molecule has 0 aliphatic heterocycles. The van der Waals surface area contributed by atoms with Gasteiger partial charge in [-0.25, -0.2) is 0 Å². The molecule has 1 rings (SSSR count). The number of aliphatic hydroxyl groups excluding tert-OH is 2. The maximum atomic E-state index is 11.4. The van der Waals surface area contributed by atoms with Crippen LogP contribution in [0.1, 0.15) is 33.1 Å².